The molecular weight excluding hydrogens is 728 g/mol. The fourth-order valence-corrected chi connectivity index (χ4v) is 13.7. The first-order valence-electron chi connectivity index (χ1n) is 20.9. The van der Waals surface area contributed by atoms with Gasteiger partial charge in [-0.05, 0) is 97.2 Å². The number of carboxylic acid groups (broad SMARTS) is 1. The van der Waals surface area contributed by atoms with Gasteiger partial charge in [0.15, 0.2) is 18.7 Å². The van der Waals surface area contributed by atoms with Crippen molar-refractivity contribution in [2.75, 3.05) is 13.2 Å². The Labute approximate surface area is 330 Å². The summed E-state index contributed by atoms with van der Waals surface area (Å²) in [6.07, 6.45) is -8.23. The minimum Gasteiger partial charge on any atom is -0.479 e. The van der Waals surface area contributed by atoms with Gasteiger partial charge in [0.25, 0.3) is 0 Å². The third-order valence-corrected chi connectivity index (χ3v) is 17.4. The van der Waals surface area contributed by atoms with Gasteiger partial charge in [0.2, 0.25) is 0 Å². The van der Waals surface area contributed by atoms with Crippen molar-refractivity contribution in [1.29, 1.82) is 0 Å². The molecule has 0 spiro atoms. The van der Waals surface area contributed by atoms with E-state index >= 15 is 0 Å². The van der Waals surface area contributed by atoms with Crippen molar-refractivity contribution in [3.63, 3.8) is 0 Å². The van der Waals surface area contributed by atoms with E-state index in [9.17, 15) is 50.8 Å². The molecule has 320 valence electrons. The van der Waals surface area contributed by atoms with Crippen LogP contribution in [0.3, 0.4) is 0 Å². The van der Waals surface area contributed by atoms with E-state index in [-0.39, 0.29) is 45.7 Å². The smallest absolute Gasteiger partial charge is 0.335 e. The Bertz CT molecular complexity index is 1520. The number of carboxylic acids is 1. The molecule has 14 nitrogen and oxygen atoms in total. The fraction of sp³-hybridized carbons (Fsp3) is 0.929. The minimum absolute atomic E-state index is 0.0149. The van der Waals surface area contributed by atoms with Crippen LogP contribution in [0.2, 0.25) is 0 Å². The summed E-state index contributed by atoms with van der Waals surface area (Å²) in [6, 6.07) is 0. The Morgan fingerprint density at radius 3 is 2.09 bits per heavy atom. The van der Waals surface area contributed by atoms with Crippen LogP contribution in [0.5, 0.6) is 0 Å². The molecule has 2 heterocycles. The van der Waals surface area contributed by atoms with Crippen molar-refractivity contribution >= 4 is 5.97 Å². The Kier molecular flexibility index (Phi) is 11.0. The normalized spacial score (nSPS) is 55.5. The first-order valence-corrected chi connectivity index (χ1v) is 20.9. The molecule has 0 radical (unpaired) electrons. The number of aliphatic hydroxyl groups is 8. The number of fused-ring (bicyclic) bond motifs is 7. The standard InChI is InChI=1S/C42H68O14/c1-37(2)16-21-20-8-9-24-39(4)12-11-26(40(5,19-44)23(39)10-13-42(24,7)41(20,6)15-14-38(21,3)25(45)17-37)54-36-33(30(49)29(48)32(55-36)34(51)52)56-35-31(50)28(47)27(46)22(18-43)53-35/h8,21-33,35-36,43-50H,9-19H2,1-7H3,(H,51,52)/t21?,22-,23?,24?,25-,26+,27+,28+,29+,30+,31-,32+,33-,35+,36-,38-,39+,40-,41-,42-/m1/s1. The quantitative estimate of drug-likeness (QED) is 0.132. The summed E-state index contributed by atoms with van der Waals surface area (Å²) in [5.41, 5.74) is 0.271. The zero-order valence-corrected chi connectivity index (χ0v) is 34.1. The van der Waals surface area contributed by atoms with Crippen LogP contribution in [0, 0.1) is 50.2 Å². The van der Waals surface area contributed by atoms with Gasteiger partial charge in [-0.15, -0.1) is 0 Å². The summed E-state index contributed by atoms with van der Waals surface area (Å²) in [5, 5.41) is 96.0. The summed E-state index contributed by atoms with van der Waals surface area (Å²) in [6.45, 7) is 15.2. The van der Waals surface area contributed by atoms with Gasteiger partial charge >= 0.3 is 5.97 Å². The summed E-state index contributed by atoms with van der Waals surface area (Å²) >= 11 is 0. The van der Waals surface area contributed by atoms with E-state index in [1.807, 2.05) is 6.92 Å². The van der Waals surface area contributed by atoms with Gasteiger partial charge < -0.3 is 64.9 Å². The monoisotopic (exact) mass is 796 g/mol. The topological polar surface area (TPSA) is 236 Å². The molecule has 0 aromatic carbocycles. The van der Waals surface area contributed by atoms with Crippen molar-refractivity contribution in [2.45, 2.75) is 180 Å². The maximum atomic E-state index is 12.2. The first-order chi connectivity index (χ1) is 26.0. The van der Waals surface area contributed by atoms with E-state index in [2.05, 4.69) is 47.6 Å². The molecule has 2 saturated heterocycles. The number of aliphatic hydroxyl groups excluding tert-OH is 8. The molecule has 7 aliphatic rings. The largest absolute Gasteiger partial charge is 0.479 e. The van der Waals surface area contributed by atoms with Crippen LogP contribution in [0.4, 0.5) is 0 Å². The molecule has 0 aromatic heterocycles. The average Bonchev–Trinajstić information content (AvgIpc) is 3.13. The summed E-state index contributed by atoms with van der Waals surface area (Å²) < 4.78 is 23.8. The second kappa shape index (κ2) is 14.4. The second-order valence-corrected chi connectivity index (χ2v) is 20.8. The molecule has 0 amide bonds. The molecule has 3 unspecified atom stereocenters. The maximum absolute atomic E-state index is 12.2. The van der Waals surface area contributed by atoms with Crippen LogP contribution in [0.25, 0.3) is 0 Å². The molecule has 4 saturated carbocycles. The maximum Gasteiger partial charge on any atom is 0.335 e. The Morgan fingerprint density at radius 2 is 1.45 bits per heavy atom. The van der Waals surface area contributed by atoms with Crippen LogP contribution in [0.15, 0.2) is 11.6 Å². The molecule has 5 aliphatic carbocycles. The van der Waals surface area contributed by atoms with Crippen molar-refractivity contribution < 1.29 is 69.7 Å². The highest BCUT2D eigenvalue weighted by Crippen LogP contribution is 2.76. The first kappa shape index (κ1) is 42.8. The van der Waals surface area contributed by atoms with Crippen LogP contribution >= 0.6 is 0 Å². The van der Waals surface area contributed by atoms with E-state index < -0.39 is 85.5 Å². The number of allylic oxidation sites excluding steroid dienone is 2. The number of carbonyl (C=O) groups is 1. The van der Waals surface area contributed by atoms with Crippen LogP contribution in [-0.4, -0.2) is 139 Å². The van der Waals surface area contributed by atoms with Crippen molar-refractivity contribution in [1.82, 2.24) is 0 Å². The highest BCUT2D eigenvalue weighted by Gasteiger charge is 2.69. The number of rotatable bonds is 7. The van der Waals surface area contributed by atoms with Gasteiger partial charge in [-0.3, -0.25) is 0 Å². The molecule has 20 atom stereocenters. The lowest BCUT2D eigenvalue weighted by Gasteiger charge is -2.72. The number of ether oxygens (including phenoxy) is 4. The van der Waals surface area contributed by atoms with Gasteiger partial charge in [0.1, 0.15) is 42.7 Å². The summed E-state index contributed by atoms with van der Waals surface area (Å²) in [5.74, 6) is -0.954. The summed E-state index contributed by atoms with van der Waals surface area (Å²) in [7, 11) is 0. The van der Waals surface area contributed by atoms with Gasteiger partial charge in [0.05, 0.1) is 25.4 Å². The highest BCUT2D eigenvalue weighted by atomic mass is 16.8. The zero-order valence-electron chi connectivity index (χ0n) is 34.1. The van der Waals surface area contributed by atoms with E-state index in [0.717, 1.165) is 51.4 Å². The zero-order chi connectivity index (χ0) is 41.1. The number of hydrogen-bond donors (Lipinski definition) is 9. The third-order valence-electron chi connectivity index (χ3n) is 17.4. The van der Waals surface area contributed by atoms with Crippen molar-refractivity contribution in [3.8, 4) is 0 Å². The highest BCUT2D eigenvalue weighted by molar-refractivity contribution is 5.73. The van der Waals surface area contributed by atoms with E-state index in [1.165, 1.54) is 5.57 Å². The van der Waals surface area contributed by atoms with Crippen LogP contribution in [-0.2, 0) is 23.7 Å². The van der Waals surface area contributed by atoms with E-state index in [1.54, 1.807) is 0 Å². The van der Waals surface area contributed by atoms with Crippen LogP contribution in [0.1, 0.15) is 106 Å². The molecule has 56 heavy (non-hydrogen) atoms. The molecular formula is C42H68O14. The van der Waals surface area contributed by atoms with E-state index in [0.29, 0.717) is 18.3 Å². The Balaban J connectivity index is 1.17. The van der Waals surface area contributed by atoms with Crippen LogP contribution < -0.4 is 0 Å². The van der Waals surface area contributed by atoms with Gasteiger partial charge in [-0.2, -0.15) is 0 Å². The van der Waals surface area contributed by atoms with Crippen molar-refractivity contribution in [3.05, 3.63) is 11.6 Å². The second-order valence-electron chi connectivity index (χ2n) is 20.8. The fourth-order valence-electron chi connectivity index (χ4n) is 13.7. The Hall–Kier alpha value is -1.27. The molecule has 0 aromatic rings. The average molecular weight is 797 g/mol. The van der Waals surface area contributed by atoms with Gasteiger partial charge in [-0.1, -0.05) is 60.1 Å². The predicted molar refractivity (Wildman–Crippen MR) is 199 cm³/mol. The molecule has 0 bridgehead atoms. The molecule has 2 aliphatic heterocycles. The van der Waals surface area contributed by atoms with E-state index in [4.69, 9.17) is 18.9 Å². The van der Waals surface area contributed by atoms with Gasteiger partial charge in [-0.25, -0.2) is 4.79 Å². The number of hydrogen-bond acceptors (Lipinski definition) is 13. The lowest BCUT2D eigenvalue weighted by molar-refractivity contribution is -0.375. The molecule has 14 heteroatoms. The summed E-state index contributed by atoms with van der Waals surface area (Å²) in [4.78, 5) is 12.2. The Morgan fingerprint density at radius 1 is 0.750 bits per heavy atom. The lowest BCUT2D eigenvalue weighted by atomic mass is 9.33. The number of aliphatic carboxylic acids is 1. The minimum atomic E-state index is -1.97. The molecule has 6 fully saturated rings. The van der Waals surface area contributed by atoms with Crippen molar-refractivity contribution in [2.24, 2.45) is 50.2 Å². The molecule has 9 N–H and O–H groups in total. The lowest BCUT2D eigenvalue weighted by Crippen LogP contribution is -2.68. The molecule has 7 rings (SSSR count). The third kappa shape index (κ3) is 6.21. The van der Waals surface area contributed by atoms with Gasteiger partial charge in [0, 0.05) is 10.8 Å². The predicted octanol–water partition coefficient (Wildman–Crippen LogP) is 1.85. The SMILES string of the molecule is CC1(C)CC2C3=CCC4[C@@]5(C)CC[C@H](O[C@@H]6O[C@H](C(=O)O)[C@@H](O)[C@H](O)[C@H]6O[C@@H]6O[C@H](CO)[C@H](O)[C@H](O)[C@H]6O)[C@](C)(CO)C5CC[C@@]4(C)[C@]3(C)CC[C@@]2(C)[C@H](O)C1.